The first kappa shape index (κ1) is 33.3. The van der Waals surface area contributed by atoms with Crippen LogP contribution in [0.1, 0.15) is 31.0 Å². The van der Waals surface area contributed by atoms with E-state index in [9.17, 15) is 9.59 Å². The quantitative estimate of drug-likeness (QED) is 0.150. The average Bonchev–Trinajstić information content (AvgIpc) is 3.65. The van der Waals surface area contributed by atoms with Gasteiger partial charge < -0.3 is 14.2 Å². The second-order valence-electron chi connectivity index (χ2n) is 12.2. The molecule has 0 unspecified atom stereocenters. The Balaban J connectivity index is 1.49. The molecule has 0 N–H and O–H groups in total. The van der Waals surface area contributed by atoms with Crippen molar-refractivity contribution in [2.45, 2.75) is 19.9 Å². The number of benzene rings is 4. The standard InChI is InChI=1S/C41H35BrN4O3S/c1-5-49-40(48)36-26(2)43-41-46(38(36)29-16-20-32(21-17-29)44(3)4)39(47)35(50-41)25-30-24-34(27-12-8-6-9-13-27)45(33-22-18-31(42)19-23-33)37(30)28-14-10-7-11-15-28/h6-25,38H,5H2,1-4H3/b35-25-/t38-/m1/s1. The molecule has 0 fully saturated rings. The molecule has 4 aromatic carbocycles. The van der Waals surface area contributed by atoms with Crippen LogP contribution in [0.3, 0.4) is 0 Å². The molecule has 250 valence electrons. The Morgan fingerprint density at radius 3 is 2.18 bits per heavy atom. The molecule has 0 radical (unpaired) electrons. The molecule has 7 rings (SSSR count). The maximum Gasteiger partial charge on any atom is 0.338 e. The van der Waals surface area contributed by atoms with Crippen molar-refractivity contribution in [2.75, 3.05) is 25.6 Å². The summed E-state index contributed by atoms with van der Waals surface area (Å²) in [5, 5.41) is 0. The molecule has 2 aromatic heterocycles. The molecule has 0 bridgehead atoms. The summed E-state index contributed by atoms with van der Waals surface area (Å²) in [6, 6.07) is 38.1. The van der Waals surface area contributed by atoms with Gasteiger partial charge in [0.05, 0.1) is 39.8 Å². The van der Waals surface area contributed by atoms with E-state index in [1.54, 1.807) is 11.5 Å². The van der Waals surface area contributed by atoms with Crippen LogP contribution in [-0.2, 0) is 9.53 Å². The van der Waals surface area contributed by atoms with Crippen LogP contribution in [0.15, 0.2) is 141 Å². The van der Waals surface area contributed by atoms with Gasteiger partial charge in [0.2, 0.25) is 0 Å². The summed E-state index contributed by atoms with van der Waals surface area (Å²) in [5.74, 6) is -0.477. The predicted octanol–water partition coefficient (Wildman–Crippen LogP) is 7.75. The van der Waals surface area contributed by atoms with Crippen molar-refractivity contribution < 1.29 is 9.53 Å². The van der Waals surface area contributed by atoms with Crippen LogP contribution in [0.4, 0.5) is 5.69 Å². The van der Waals surface area contributed by atoms with Crippen LogP contribution in [-0.4, -0.2) is 35.8 Å². The fourth-order valence-electron chi connectivity index (χ4n) is 6.41. The van der Waals surface area contributed by atoms with Gasteiger partial charge in [-0.15, -0.1) is 0 Å². The SMILES string of the molecule is CCOC(=O)C1=C(C)N=c2s/c(=C\c3cc(-c4ccccc4)n(-c4ccc(Br)cc4)c3-c3ccccc3)c(=O)n2[C@@H]1c1ccc(N(C)C)cc1. The van der Waals surface area contributed by atoms with E-state index in [1.807, 2.05) is 105 Å². The molecule has 1 aliphatic heterocycles. The molecule has 1 aliphatic rings. The first-order valence-corrected chi connectivity index (χ1v) is 18.0. The van der Waals surface area contributed by atoms with Crippen molar-refractivity contribution >= 4 is 45.0 Å². The minimum atomic E-state index is -0.690. The lowest BCUT2D eigenvalue weighted by molar-refractivity contribution is -0.139. The smallest absolute Gasteiger partial charge is 0.338 e. The number of anilines is 1. The first-order chi connectivity index (χ1) is 24.2. The van der Waals surface area contributed by atoms with Crippen LogP contribution >= 0.6 is 27.3 Å². The second kappa shape index (κ2) is 13.9. The van der Waals surface area contributed by atoms with Gasteiger partial charge in [-0.2, -0.15) is 0 Å². The summed E-state index contributed by atoms with van der Waals surface area (Å²) in [7, 11) is 3.95. The van der Waals surface area contributed by atoms with Crippen molar-refractivity contribution in [1.29, 1.82) is 0 Å². The Labute approximate surface area is 302 Å². The van der Waals surface area contributed by atoms with Gasteiger partial charge in [0.1, 0.15) is 0 Å². The van der Waals surface area contributed by atoms with Gasteiger partial charge in [-0.05, 0) is 79.1 Å². The van der Waals surface area contributed by atoms with E-state index in [0.717, 1.165) is 49.5 Å². The summed E-state index contributed by atoms with van der Waals surface area (Å²) in [6.07, 6.45) is 1.96. The number of aromatic nitrogens is 2. The number of fused-ring (bicyclic) bond motifs is 1. The average molecular weight is 744 g/mol. The van der Waals surface area contributed by atoms with E-state index in [4.69, 9.17) is 9.73 Å². The molecule has 0 amide bonds. The summed E-state index contributed by atoms with van der Waals surface area (Å²) < 4.78 is 10.9. The van der Waals surface area contributed by atoms with E-state index >= 15 is 0 Å². The van der Waals surface area contributed by atoms with E-state index in [2.05, 4.69) is 63.0 Å². The Kier molecular flexibility index (Phi) is 9.27. The molecule has 0 saturated heterocycles. The molecule has 3 heterocycles. The fraction of sp³-hybridized carbons (Fsp3) is 0.146. The highest BCUT2D eigenvalue weighted by Crippen LogP contribution is 2.37. The van der Waals surface area contributed by atoms with Gasteiger partial charge in [-0.25, -0.2) is 9.79 Å². The summed E-state index contributed by atoms with van der Waals surface area (Å²) in [4.78, 5) is 35.4. The van der Waals surface area contributed by atoms with Crippen molar-refractivity contribution in [3.8, 4) is 28.2 Å². The van der Waals surface area contributed by atoms with Crippen molar-refractivity contribution in [2.24, 2.45) is 4.99 Å². The number of hydrogen-bond donors (Lipinski definition) is 0. The second-order valence-corrected chi connectivity index (χ2v) is 14.1. The Hall–Kier alpha value is -5.25. The number of allylic oxidation sites excluding steroid dienone is 1. The molecule has 0 spiro atoms. The minimum Gasteiger partial charge on any atom is -0.463 e. The van der Waals surface area contributed by atoms with Gasteiger partial charge in [0.25, 0.3) is 5.56 Å². The Morgan fingerprint density at radius 2 is 1.56 bits per heavy atom. The zero-order valence-corrected chi connectivity index (χ0v) is 30.5. The summed E-state index contributed by atoms with van der Waals surface area (Å²) >= 11 is 4.92. The zero-order chi connectivity index (χ0) is 34.9. The van der Waals surface area contributed by atoms with Crippen LogP contribution in [0.5, 0.6) is 0 Å². The maximum atomic E-state index is 14.6. The molecule has 1 atom stereocenters. The molecule has 0 saturated carbocycles. The van der Waals surface area contributed by atoms with Crippen molar-refractivity contribution in [3.05, 3.63) is 162 Å². The number of carbonyl (C=O) groups is 1. The maximum absolute atomic E-state index is 14.6. The Bertz CT molecular complexity index is 2410. The highest BCUT2D eigenvalue weighted by molar-refractivity contribution is 9.10. The van der Waals surface area contributed by atoms with E-state index < -0.39 is 12.0 Å². The normalized spacial score (nSPS) is 14.3. The number of carbonyl (C=O) groups excluding carboxylic acids is 1. The number of hydrogen-bond acceptors (Lipinski definition) is 6. The third-order valence-electron chi connectivity index (χ3n) is 8.76. The molecule has 6 aromatic rings. The largest absolute Gasteiger partial charge is 0.463 e. The van der Waals surface area contributed by atoms with Crippen molar-refractivity contribution in [3.63, 3.8) is 0 Å². The van der Waals surface area contributed by atoms with Crippen LogP contribution < -0.4 is 19.8 Å². The summed E-state index contributed by atoms with van der Waals surface area (Å²) in [5.41, 5.74) is 8.37. The van der Waals surface area contributed by atoms with Gasteiger partial charge in [0.15, 0.2) is 4.80 Å². The topological polar surface area (TPSA) is 68.8 Å². The lowest BCUT2D eigenvalue weighted by Crippen LogP contribution is -2.40. The number of ether oxygens (including phenoxy) is 1. The number of esters is 1. The first-order valence-electron chi connectivity index (χ1n) is 16.3. The molecular weight excluding hydrogens is 708 g/mol. The summed E-state index contributed by atoms with van der Waals surface area (Å²) in [6.45, 7) is 3.80. The third kappa shape index (κ3) is 6.19. The van der Waals surface area contributed by atoms with Gasteiger partial charge in [-0.3, -0.25) is 9.36 Å². The molecule has 50 heavy (non-hydrogen) atoms. The van der Waals surface area contributed by atoms with Crippen LogP contribution in [0, 0.1) is 0 Å². The highest BCUT2D eigenvalue weighted by atomic mass is 79.9. The minimum absolute atomic E-state index is 0.216. The third-order valence-corrected chi connectivity index (χ3v) is 10.3. The van der Waals surface area contributed by atoms with Crippen LogP contribution in [0.25, 0.3) is 34.3 Å². The fourth-order valence-corrected chi connectivity index (χ4v) is 7.72. The molecule has 0 aliphatic carbocycles. The zero-order valence-electron chi connectivity index (χ0n) is 28.1. The van der Waals surface area contributed by atoms with E-state index in [-0.39, 0.29) is 12.2 Å². The van der Waals surface area contributed by atoms with E-state index in [1.165, 1.54) is 11.3 Å². The lowest BCUT2D eigenvalue weighted by Gasteiger charge is -2.25. The molecule has 9 heteroatoms. The lowest BCUT2D eigenvalue weighted by atomic mass is 9.95. The van der Waals surface area contributed by atoms with Gasteiger partial charge >= 0.3 is 5.97 Å². The van der Waals surface area contributed by atoms with E-state index in [0.29, 0.717) is 20.6 Å². The predicted molar refractivity (Wildman–Crippen MR) is 206 cm³/mol. The number of halogens is 1. The van der Waals surface area contributed by atoms with Gasteiger partial charge in [0, 0.05) is 35.5 Å². The number of thiazole rings is 1. The monoisotopic (exact) mass is 742 g/mol. The Morgan fingerprint density at radius 1 is 0.920 bits per heavy atom. The number of nitrogens with zero attached hydrogens (tertiary/aromatic N) is 4. The highest BCUT2D eigenvalue weighted by Gasteiger charge is 2.33. The van der Waals surface area contributed by atoms with Crippen molar-refractivity contribution in [1.82, 2.24) is 9.13 Å². The molecular formula is C41H35BrN4O3S. The van der Waals surface area contributed by atoms with Crippen LogP contribution in [0.2, 0.25) is 0 Å². The van der Waals surface area contributed by atoms with Gasteiger partial charge in [-0.1, -0.05) is 100 Å². The molecule has 7 nitrogen and oxygen atoms in total. The number of rotatable bonds is 8.